The van der Waals surface area contributed by atoms with E-state index in [-0.39, 0.29) is 83.3 Å². The van der Waals surface area contributed by atoms with E-state index in [0.29, 0.717) is 0 Å². The van der Waals surface area contributed by atoms with E-state index in [1.165, 1.54) is 13.8 Å². The topological polar surface area (TPSA) is 114 Å². The van der Waals surface area contributed by atoms with Crippen molar-refractivity contribution in [2.45, 2.75) is 64.5 Å². The fraction of sp³-hybridized carbons (Fsp3) is 0.786. The molecule has 0 aliphatic carbocycles. The molecule has 0 aromatic heterocycles. The molecule has 0 heterocycles. The van der Waals surface area contributed by atoms with E-state index >= 15 is 0 Å². The van der Waals surface area contributed by atoms with E-state index < -0.39 is 32.3 Å². The van der Waals surface area contributed by atoms with Gasteiger partial charge in [-0.15, -0.1) is 0 Å². The summed E-state index contributed by atoms with van der Waals surface area (Å²) in [6, 6.07) is 0. The molecule has 0 aliphatic rings. The fourth-order valence-electron chi connectivity index (χ4n) is 0.661. The number of ketones is 1. The van der Waals surface area contributed by atoms with Crippen LogP contribution in [0, 0.1) is 5.16 Å². The zero-order valence-corrected chi connectivity index (χ0v) is 13.3. The van der Waals surface area contributed by atoms with Crippen molar-refractivity contribution in [3.8, 4) is 0 Å². The van der Waals surface area contributed by atoms with E-state index in [9.17, 15) is 14.4 Å². The monoisotopic (exact) mass is 430 g/mol. The number of carbonyl (C=O) groups excluding carboxylic acids is 3. The summed E-state index contributed by atoms with van der Waals surface area (Å²) < 4.78 is 9.18. The molecule has 0 rings (SSSR count). The van der Waals surface area contributed by atoms with Crippen molar-refractivity contribution in [1.82, 2.24) is 0 Å². The van der Waals surface area contributed by atoms with Gasteiger partial charge < -0.3 is 14.4 Å². The van der Waals surface area contributed by atoms with E-state index in [1.807, 2.05) is 0 Å². The molecule has 0 aliphatic heterocycles. The summed E-state index contributed by atoms with van der Waals surface area (Å²) in [6.07, 6.45) is -0.937. The van der Waals surface area contributed by atoms with E-state index in [4.69, 9.17) is 10.1 Å². The third kappa shape index (κ3) is 29.8. The van der Waals surface area contributed by atoms with Gasteiger partial charge in [-0.2, -0.15) is 0 Å². The standard InChI is InChI=1S/C8H15NO6P2.6CH4.V/c1-5(10)6(2)15-7(11)3-14-8(12)4-16-17(9)13;;;;;;;/h6,16-17H,3-4H2,1-2H3,(H2,9,13);6*1H4;. The Morgan fingerprint density at radius 3 is 1.83 bits per heavy atom. The smallest absolute Gasteiger partial charge is 0.344 e. The first-order valence-corrected chi connectivity index (χ1v) is 8.35. The van der Waals surface area contributed by atoms with Crippen molar-refractivity contribution >= 4 is 33.6 Å². The van der Waals surface area contributed by atoms with Crippen molar-refractivity contribution < 1.29 is 47.3 Å². The first kappa shape index (κ1) is 49.6. The molecule has 0 bridgehead atoms. The molecule has 0 saturated carbocycles. The van der Waals surface area contributed by atoms with Crippen molar-refractivity contribution in [2.24, 2.45) is 0 Å². The van der Waals surface area contributed by atoms with Crippen LogP contribution < -0.4 is 0 Å². The van der Waals surface area contributed by atoms with Gasteiger partial charge in [0.15, 0.2) is 18.5 Å². The summed E-state index contributed by atoms with van der Waals surface area (Å²) in [5.74, 6) is -1.77. The van der Waals surface area contributed by atoms with Gasteiger partial charge in [0, 0.05) is 18.6 Å². The van der Waals surface area contributed by atoms with E-state index in [2.05, 4.69) is 9.47 Å². The van der Waals surface area contributed by atoms with Crippen LogP contribution in [0.15, 0.2) is 0 Å². The maximum absolute atomic E-state index is 11.1. The van der Waals surface area contributed by atoms with Crippen LogP contribution in [0.25, 0.3) is 0 Å². The molecule has 2 N–H and O–H groups in total. The van der Waals surface area contributed by atoms with Gasteiger partial charge >= 0.3 is 11.9 Å². The summed E-state index contributed by atoms with van der Waals surface area (Å²) in [5, 5.41) is 6.86. The Hall–Kier alpha value is -0.186. The normalized spacial score (nSPS) is 10.1. The first-order valence-electron chi connectivity index (χ1n) is 4.70. The van der Waals surface area contributed by atoms with Crippen LogP contribution >= 0.6 is 15.9 Å². The second-order valence-electron chi connectivity index (χ2n) is 3.11. The van der Waals surface area contributed by atoms with Crippen LogP contribution in [0.5, 0.6) is 0 Å². The maximum atomic E-state index is 11.1. The number of esters is 2. The Morgan fingerprint density at radius 2 is 1.50 bits per heavy atom. The van der Waals surface area contributed by atoms with Crippen molar-refractivity contribution in [2.75, 3.05) is 12.8 Å². The van der Waals surface area contributed by atoms with E-state index in [0.717, 1.165) is 0 Å². The van der Waals surface area contributed by atoms with Gasteiger partial charge in [-0.05, 0) is 22.1 Å². The second kappa shape index (κ2) is 27.7. The molecule has 10 heteroatoms. The quantitative estimate of drug-likeness (QED) is 0.459. The largest absolute Gasteiger partial charge is 0.453 e. The third-order valence-corrected chi connectivity index (χ3v) is 3.97. The van der Waals surface area contributed by atoms with Gasteiger partial charge in [0.25, 0.3) is 0 Å². The minimum Gasteiger partial charge on any atom is -0.453 e. The molecule has 0 aromatic rings. The molecule has 0 spiro atoms. The molecule has 3 atom stereocenters. The van der Waals surface area contributed by atoms with Crippen LogP contribution in [-0.2, 0) is 42.4 Å². The van der Waals surface area contributed by atoms with Crippen LogP contribution in [0.2, 0.25) is 0 Å². The molecular formula is C14H39NO6P2V. The summed E-state index contributed by atoms with van der Waals surface area (Å²) >= 11 is 0. The molecule has 7 nitrogen and oxygen atoms in total. The average Bonchev–Trinajstić information content (AvgIpc) is 2.23. The number of hydrogen-bond donors (Lipinski definition) is 2. The zero-order valence-electron chi connectivity index (χ0n) is 9.93. The van der Waals surface area contributed by atoms with Gasteiger partial charge in [0.05, 0.1) is 13.8 Å². The predicted molar refractivity (Wildman–Crippen MR) is 104 cm³/mol. The van der Waals surface area contributed by atoms with Gasteiger partial charge in [-0.25, -0.2) is 4.79 Å². The van der Waals surface area contributed by atoms with Crippen LogP contribution in [0.1, 0.15) is 58.4 Å². The minimum absolute atomic E-state index is 0. The molecular weight excluding hydrogens is 391 g/mol. The summed E-state index contributed by atoms with van der Waals surface area (Å²) in [5.41, 5.74) is 0. The summed E-state index contributed by atoms with van der Waals surface area (Å²) in [6.45, 7) is 2.14. The number of ether oxygens (including phenoxy) is 2. The van der Waals surface area contributed by atoms with Crippen molar-refractivity contribution in [3.05, 3.63) is 0 Å². The molecule has 3 unspecified atom stereocenters. The van der Waals surface area contributed by atoms with Gasteiger partial charge in [-0.1, -0.05) is 44.6 Å². The molecule has 24 heavy (non-hydrogen) atoms. The Morgan fingerprint density at radius 1 is 1.08 bits per heavy atom. The minimum atomic E-state index is -2.18. The number of Topliss-reactive ketones (excluding diaryl/α,β-unsaturated/α-hetero) is 1. The summed E-state index contributed by atoms with van der Waals surface area (Å²) in [4.78, 5) is 41.5. The third-order valence-electron chi connectivity index (χ3n) is 1.63. The summed E-state index contributed by atoms with van der Waals surface area (Å²) in [7, 11) is -2.37. The predicted octanol–water partition coefficient (Wildman–Crippen LogP) is 4.34. The molecule has 1 radical (unpaired) electrons. The number of nitrogens with one attached hydrogen (secondary N) is 1. The maximum Gasteiger partial charge on any atom is 0.344 e. The molecule has 0 amide bonds. The molecule has 151 valence electrons. The zero-order chi connectivity index (χ0) is 13.4. The van der Waals surface area contributed by atoms with Crippen molar-refractivity contribution in [1.29, 1.82) is 5.16 Å². The number of rotatable bonds is 7. The van der Waals surface area contributed by atoms with Gasteiger partial charge in [0.2, 0.25) is 0 Å². The van der Waals surface area contributed by atoms with Crippen molar-refractivity contribution in [3.63, 3.8) is 0 Å². The molecule has 0 fully saturated rings. The van der Waals surface area contributed by atoms with Crippen LogP contribution in [-0.4, -0.2) is 41.5 Å². The Balaban J connectivity index is -0.0000000610. The fourth-order valence-corrected chi connectivity index (χ4v) is 2.01. The molecule has 0 saturated heterocycles. The Labute approximate surface area is 163 Å². The second-order valence-corrected chi connectivity index (χ2v) is 6.99. The number of hydrogen-bond acceptors (Lipinski definition) is 6. The average molecular weight is 430 g/mol. The van der Waals surface area contributed by atoms with Gasteiger partial charge in [-0.3, -0.25) is 14.8 Å². The number of carbonyl (C=O) groups is 3. The molecule has 0 aromatic carbocycles. The Kier molecular flexibility index (Phi) is 57.1. The SMILES string of the molecule is C.C.C.C.C.C.CC(=O)C(C)OC(=O)COC(=O)CP[PH](=N)O.[V]. The van der Waals surface area contributed by atoms with Crippen LogP contribution in [0.3, 0.4) is 0 Å². The Bertz CT molecular complexity index is 343. The first-order chi connectivity index (χ1) is 7.82. The van der Waals surface area contributed by atoms with Crippen LogP contribution in [0.4, 0.5) is 0 Å². The van der Waals surface area contributed by atoms with Gasteiger partial charge in [0.1, 0.15) is 0 Å². The van der Waals surface area contributed by atoms with E-state index in [1.54, 1.807) is 0 Å².